The minimum absolute atomic E-state index is 0.979. The first-order valence-electron chi connectivity index (χ1n) is 6.17. The van der Waals surface area contributed by atoms with Gasteiger partial charge in [-0.15, -0.1) is 0 Å². The Labute approximate surface area is 109 Å². The van der Waals surface area contributed by atoms with Crippen LogP contribution in [0.15, 0.2) is 12.4 Å². The largest absolute Gasteiger partial charge is 0.480 e. The van der Waals surface area contributed by atoms with Gasteiger partial charge in [-0.2, -0.15) is 0 Å². The van der Waals surface area contributed by atoms with Crippen molar-refractivity contribution in [3.05, 3.63) is 12.4 Å². The molecular weight excluding hydrogens is 234 g/mol. The van der Waals surface area contributed by atoms with E-state index in [1.54, 1.807) is 0 Å². The van der Waals surface area contributed by atoms with Gasteiger partial charge in [-0.3, -0.25) is 4.79 Å². The van der Waals surface area contributed by atoms with E-state index in [1.807, 2.05) is 0 Å². The van der Waals surface area contributed by atoms with Gasteiger partial charge in [-0.1, -0.05) is 13.3 Å². The van der Waals surface area contributed by atoms with E-state index in [0.29, 0.717) is 0 Å². The standard InChI is InChI=1S/C8H16N2.C4H9NO3/c1-3-4-5-10-7-6-9(2)8-10;1-2(6)3(5)4(7)8/h6-7H,3-5,8H2,1-2H3;2-3,6H,5H2,1H3,(H,7,8). The topological polar surface area (TPSA) is 90.0 Å². The molecule has 1 aliphatic rings. The van der Waals surface area contributed by atoms with Crippen LogP contribution in [-0.4, -0.2) is 58.4 Å². The Morgan fingerprint density at radius 1 is 1.50 bits per heavy atom. The maximum absolute atomic E-state index is 9.86. The lowest BCUT2D eigenvalue weighted by Crippen LogP contribution is -2.39. The summed E-state index contributed by atoms with van der Waals surface area (Å²) in [6.45, 7) is 5.83. The highest BCUT2D eigenvalue weighted by atomic mass is 16.4. The van der Waals surface area contributed by atoms with Gasteiger partial charge in [0, 0.05) is 26.0 Å². The number of aliphatic hydroxyl groups excluding tert-OH is 1. The van der Waals surface area contributed by atoms with E-state index < -0.39 is 18.1 Å². The van der Waals surface area contributed by atoms with Gasteiger partial charge in [-0.05, 0) is 13.3 Å². The summed E-state index contributed by atoms with van der Waals surface area (Å²) in [6, 6.07) is -1.16. The second kappa shape index (κ2) is 8.77. The molecule has 106 valence electrons. The van der Waals surface area contributed by atoms with E-state index in [2.05, 4.69) is 36.2 Å². The van der Waals surface area contributed by atoms with Gasteiger partial charge >= 0.3 is 5.97 Å². The van der Waals surface area contributed by atoms with Crippen molar-refractivity contribution in [1.82, 2.24) is 9.80 Å². The molecule has 0 aromatic rings. The molecule has 4 N–H and O–H groups in total. The molecule has 1 rings (SSSR count). The smallest absolute Gasteiger partial charge is 0.323 e. The molecule has 18 heavy (non-hydrogen) atoms. The summed E-state index contributed by atoms with van der Waals surface area (Å²) in [6.07, 6.45) is 5.89. The third-order valence-corrected chi connectivity index (χ3v) is 2.54. The van der Waals surface area contributed by atoms with Crippen molar-refractivity contribution in [2.45, 2.75) is 38.8 Å². The molecule has 6 heteroatoms. The normalized spacial score (nSPS) is 17.2. The van der Waals surface area contributed by atoms with Crippen molar-refractivity contribution in [3.8, 4) is 0 Å². The maximum atomic E-state index is 9.86. The molecule has 6 nitrogen and oxygen atoms in total. The quantitative estimate of drug-likeness (QED) is 0.655. The van der Waals surface area contributed by atoms with Crippen molar-refractivity contribution < 1.29 is 15.0 Å². The van der Waals surface area contributed by atoms with Gasteiger partial charge < -0.3 is 25.7 Å². The van der Waals surface area contributed by atoms with E-state index in [1.165, 1.54) is 26.3 Å². The fourth-order valence-corrected chi connectivity index (χ4v) is 1.30. The SMILES string of the molecule is CC(O)C(N)C(=O)O.CCCCN1C=CN(C)C1. The molecule has 2 unspecified atom stereocenters. The van der Waals surface area contributed by atoms with Crippen LogP contribution >= 0.6 is 0 Å². The molecule has 0 radical (unpaired) electrons. The summed E-state index contributed by atoms with van der Waals surface area (Å²) < 4.78 is 0. The summed E-state index contributed by atoms with van der Waals surface area (Å²) >= 11 is 0. The molecule has 1 heterocycles. The van der Waals surface area contributed by atoms with Crippen molar-refractivity contribution in [3.63, 3.8) is 0 Å². The number of rotatable bonds is 5. The first-order chi connectivity index (χ1) is 8.38. The van der Waals surface area contributed by atoms with Crippen LogP contribution in [-0.2, 0) is 4.79 Å². The number of carboxylic acid groups (broad SMARTS) is 1. The summed E-state index contributed by atoms with van der Waals surface area (Å²) in [5.74, 6) is -1.18. The highest BCUT2D eigenvalue weighted by Crippen LogP contribution is 2.04. The van der Waals surface area contributed by atoms with Crippen LogP contribution in [0.2, 0.25) is 0 Å². The number of hydrogen-bond donors (Lipinski definition) is 3. The number of aliphatic carboxylic acids is 1. The van der Waals surface area contributed by atoms with Gasteiger partial charge in [-0.25, -0.2) is 0 Å². The minimum Gasteiger partial charge on any atom is -0.480 e. The molecule has 0 saturated carbocycles. The lowest BCUT2D eigenvalue weighted by Gasteiger charge is -2.17. The van der Waals surface area contributed by atoms with Crippen molar-refractivity contribution in [1.29, 1.82) is 0 Å². The van der Waals surface area contributed by atoms with Crippen molar-refractivity contribution >= 4 is 5.97 Å². The Kier molecular flexibility index (Phi) is 8.15. The number of carboxylic acids is 1. The number of nitrogens with zero attached hydrogens (tertiary/aromatic N) is 2. The first-order valence-corrected chi connectivity index (χ1v) is 6.17. The molecule has 0 aromatic heterocycles. The second-order valence-corrected chi connectivity index (χ2v) is 4.47. The predicted molar refractivity (Wildman–Crippen MR) is 70.7 cm³/mol. The minimum atomic E-state index is -1.18. The Morgan fingerprint density at radius 3 is 2.39 bits per heavy atom. The second-order valence-electron chi connectivity index (χ2n) is 4.47. The monoisotopic (exact) mass is 259 g/mol. The number of aliphatic hydroxyl groups is 1. The Balaban J connectivity index is 0.000000331. The Morgan fingerprint density at radius 2 is 2.11 bits per heavy atom. The van der Waals surface area contributed by atoms with Crippen LogP contribution in [0, 0.1) is 0 Å². The molecule has 0 fully saturated rings. The molecule has 0 amide bonds. The highest BCUT2D eigenvalue weighted by Gasteiger charge is 2.16. The Bertz CT molecular complexity index is 269. The third kappa shape index (κ3) is 7.13. The van der Waals surface area contributed by atoms with Crippen LogP contribution in [0.3, 0.4) is 0 Å². The average molecular weight is 259 g/mol. The third-order valence-electron chi connectivity index (χ3n) is 2.54. The molecule has 0 bridgehead atoms. The molecule has 0 saturated heterocycles. The zero-order chi connectivity index (χ0) is 14.1. The highest BCUT2D eigenvalue weighted by molar-refractivity contribution is 5.73. The lowest BCUT2D eigenvalue weighted by molar-refractivity contribution is -0.140. The van der Waals surface area contributed by atoms with E-state index in [9.17, 15) is 4.79 Å². The predicted octanol–water partition coefficient (Wildman–Crippen LogP) is 0.242. The van der Waals surface area contributed by atoms with E-state index in [-0.39, 0.29) is 0 Å². The fourth-order valence-electron chi connectivity index (χ4n) is 1.30. The average Bonchev–Trinajstić information content (AvgIpc) is 2.72. The van der Waals surface area contributed by atoms with Crippen LogP contribution in [0.4, 0.5) is 0 Å². The maximum Gasteiger partial charge on any atom is 0.323 e. The molecule has 0 aliphatic carbocycles. The molecular formula is C12H25N3O3. The van der Waals surface area contributed by atoms with Gasteiger partial charge in [0.15, 0.2) is 0 Å². The molecule has 0 spiro atoms. The zero-order valence-corrected chi connectivity index (χ0v) is 11.4. The van der Waals surface area contributed by atoms with Crippen LogP contribution < -0.4 is 5.73 Å². The van der Waals surface area contributed by atoms with Gasteiger partial charge in [0.2, 0.25) is 0 Å². The Hall–Kier alpha value is -1.27. The number of hydrogen-bond acceptors (Lipinski definition) is 5. The summed E-state index contributed by atoms with van der Waals surface area (Å²) in [5.41, 5.74) is 4.91. The molecule has 0 aromatic carbocycles. The van der Waals surface area contributed by atoms with Crippen LogP contribution in [0.1, 0.15) is 26.7 Å². The van der Waals surface area contributed by atoms with Crippen LogP contribution in [0.5, 0.6) is 0 Å². The fraction of sp³-hybridized carbons (Fsp3) is 0.750. The zero-order valence-electron chi connectivity index (χ0n) is 11.4. The number of carbonyl (C=O) groups is 1. The number of unbranched alkanes of at least 4 members (excludes halogenated alkanes) is 1. The van der Waals surface area contributed by atoms with E-state index in [4.69, 9.17) is 15.9 Å². The van der Waals surface area contributed by atoms with Crippen molar-refractivity contribution in [2.24, 2.45) is 5.73 Å². The lowest BCUT2D eigenvalue weighted by atomic mass is 10.2. The van der Waals surface area contributed by atoms with Gasteiger partial charge in [0.1, 0.15) is 6.04 Å². The summed E-state index contributed by atoms with van der Waals surface area (Å²) in [7, 11) is 2.10. The molecule has 1 aliphatic heterocycles. The number of nitrogens with two attached hydrogens (primary N) is 1. The van der Waals surface area contributed by atoms with Gasteiger partial charge in [0.05, 0.1) is 12.8 Å². The first kappa shape index (κ1) is 16.7. The summed E-state index contributed by atoms with van der Waals surface area (Å²) in [5, 5.41) is 16.6. The van der Waals surface area contributed by atoms with Gasteiger partial charge in [0.25, 0.3) is 0 Å². The van der Waals surface area contributed by atoms with Crippen LogP contribution in [0.25, 0.3) is 0 Å². The van der Waals surface area contributed by atoms with E-state index in [0.717, 1.165) is 6.67 Å². The van der Waals surface area contributed by atoms with E-state index >= 15 is 0 Å². The van der Waals surface area contributed by atoms with Crippen molar-refractivity contribution in [2.75, 3.05) is 20.3 Å². The molecule has 2 atom stereocenters. The summed E-state index contributed by atoms with van der Waals surface area (Å²) in [4.78, 5) is 14.4.